The Balaban J connectivity index is 2.21. The summed E-state index contributed by atoms with van der Waals surface area (Å²) >= 11 is 0. The quantitative estimate of drug-likeness (QED) is 0.685. The summed E-state index contributed by atoms with van der Waals surface area (Å²) in [5, 5.41) is 0. The van der Waals surface area contributed by atoms with Gasteiger partial charge in [-0.1, -0.05) is 32.0 Å². The number of benzene rings is 1. The topological polar surface area (TPSA) is 12.5 Å². The summed E-state index contributed by atoms with van der Waals surface area (Å²) in [6.07, 6.45) is 0. The predicted octanol–water partition coefficient (Wildman–Crippen LogP) is 2.21. The van der Waals surface area contributed by atoms with Crippen LogP contribution in [0.25, 0.3) is 0 Å². The third-order valence-corrected chi connectivity index (χ3v) is 2.24. The number of hydrogen-bond acceptors (Lipinski definition) is 2. The Labute approximate surface area is 86.5 Å². The Morgan fingerprint density at radius 1 is 1.29 bits per heavy atom. The fraction of sp³-hybridized carbons (Fsp3) is 0.500. The fourth-order valence-corrected chi connectivity index (χ4v) is 1.29. The molecular formula is C12H18NO. The summed E-state index contributed by atoms with van der Waals surface area (Å²) < 4.78 is 5.54. The number of hydrogen-bond donors (Lipinski definition) is 0. The first kappa shape index (κ1) is 11.1. The Morgan fingerprint density at radius 2 is 2.07 bits per heavy atom. The molecule has 14 heavy (non-hydrogen) atoms. The average Bonchev–Trinajstić information content (AvgIpc) is 2.26. The molecular weight excluding hydrogens is 174 g/mol. The van der Waals surface area contributed by atoms with E-state index in [1.165, 1.54) is 0 Å². The van der Waals surface area contributed by atoms with Crippen molar-refractivity contribution in [3.63, 3.8) is 0 Å². The van der Waals surface area contributed by atoms with E-state index in [0.717, 1.165) is 32.0 Å². The predicted molar refractivity (Wildman–Crippen MR) is 58.6 cm³/mol. The van der Waals surface area contributed by atoms with Crippen LogP contribution in [0.2, 0.25) is 0 Å². The van der Waals surface area contributed by atoms with Crippen LogP contribution < -0.4 is 4.74 Å². The molecule has 0 spiro atoms. The lowest BCUT2D eigenvalue weighted by atomic mass is 10.3. The molecule has 1 aromatic rings. The van der Waals surface area contributed by atoms with E-state index in [0.29, 0.717) is 0 Å². The van der Waals surface area contributed by atoms with Gasteiger partial charge < -0.3 is 9.64 Å². The highest BCUT2D eigenvalue weighted by atomic mass is 16.5. The second kappa shape index (κ2) is 6.44. The minimum Gasteiger partial charge on any atom is -0.492 e. The Bertz CT molecular complexity index is 231. The lowest BCUT2D eigenvalue weighted by Crippen LogP contribution is -2.27. The molecule has 0 aromatic heterocycles. The maximum absolute atomic E-state index is 5.54. The highest BCUT2D eigenvalue weighted by Crippen LogP contribution is 2.06. The van der Waals surface area contributed by atoms with Gasteiger partial charge >= 0.3 is 0 Å². The summed E-state index contributed by atoms with van der Waals surface area (Å²) in [5.41, 5.74) is 0. The smallest absolute Gasteiger partial charge is 0.127 e. The van der Waals surface area contributed by atoms with Gasteiger partial charge in [-0.05, 0) is 19.2 Å². The van der Waals surface area contributed by atoms with Crippen molar-refractivity contribution in [2.45, 2.75) is 13.8 Å². The van der Waals surface area contributed by atoms with Gasteiger partial charge in [0.25, 0.3) is 0 Å². The molecule has 0 amide bonds. The molecule has 2 nitrogen and oxygen atoms in total. The van der Waals surface area contributed by atoms with E-state index in [1.54, 1.807) is 0 Å². The van der Waals surface area contributed by atoms with Gasteiger partial charge in [-0.15, -0.1) is 0 Å². The minimum atomic E-state index is 0.738. The molecule has 0 saturated carbocycles. The molecule has 0 N–H and O–H groups in total. The molecule has 0 aliphatic rings. The summed E-state index contributed by atoms with van der Waals surface area (Å²) in [6, 6.07) is 10.7. The lowest BCUT2D eigenvalue weighted by Gasteiger charge is -2.17. The molecule has 2 heteroatoms. The largest absolute Gasteiger partial charge is 0.492 e. The maximum Gasteiger partial charge on any atom is 0.127 e. The van der Waals surface area contributed by atoms with Gasteiger partial charge in [0.15, 0.2) is 0 Å². The van der Waals surface area contributed by atoms with E-state index in [4.69, 9.17) is 4.74 Å². The summed E-state index contributed by atoms with van der Waals surface area (Å²) in [6.45, 7) is 8.21. The van der Waals surface area contributed by atoms with Gasteiger partial charge in [-0.2, -0.15) is 0 Å². The molecule has 0 bridgehead atoms. The zero-order chi connectivity index (χ0) is 10.2. The van der Waals surface area contributed by atoms with E-state index in [1.807, 2.05) is 24.3 Å². The SMILES string of the molecule is CCN(CC)CCOc1[c]cccc1. The van der Waals surface area contributed by atoms with Gasteiger partial charge in [-0.25, -0.2) is 0 Å². The van der Waals surface area contributed by atoms with E-state index < -0.39 is 0 Å². The average molecular weight is 192 g/mol. The van der Waals surface area contributed by atoms with Gasteiger partial charge in [-0.3, -0.25) is 0 Å². The van der Waals surface area contributed by atoms with Gasteiger partial charge in [0.05, 0.1) is 0 Å². The first-order valence-electron chi connectivity index (χ1n) is 5.18. The van der Waals surface area contributed by atoms with Crippen LogP contribution in [0.4, 0.5) is 0 Å². The van der Waals surface area contributed by atoms with Gasteiger partial charge in [0.2, 0.25) is 0 Å². The number of rotatable bonds is 6. The van der Waals surface area contributed by atoms with Crippen LogP contribution in [0.5, 0.6) is 5.75 Å². The zero-order valence-corrected chi connectivity index (χ0v) is 8.99. The monoisotopic (exact) mass is 192 g/mol. The van der Waals surface area contributed by atoms with Crippen molar-refractivity contribution in [2.24, 2.45) is 0 Å². The molecule has 1 aromatic carbocycles. The standard InChI is InChI=1S/C12H18NO/c1-3-13(4-2)10-11-14-12-8-6-5-7-9-12/h5-8H,3-4,10-11H2,1-2H3. The van der Waals surface area contributed by atoms with Crippen LogP contribution in [0.1, 0.15) is 13.8 Å². The first-order valence-corrected chi connectivity index (χ1v) is 5.18. The van der Waals surface area contributed by atoms with Crippen molar-refractivity contribution in [3.8, 4) is 5.75 Å². The molecule has 1 rings (SSSR count). The van der Waals surface area contributed by atoms with Crippen molar-refractivity contribution in [2.75, 3.05) is 26.2 Å². The third-order valence-electron chi connectivity index (χ3n) is 2.24. The summed E-state index contributed by atoms with van der Waals surface area (Å²) in [5.74, 6) is 0.833. The molecule has 0 atom stereocenters. The normalized spacial score (nSPS) is 10.5. The molecule has 0 aliphatic carbocycles. The number of para-hydroxylation sites is 1. The van der Waals surface area contributed by atoms with Crippen LogP contribution >= 0.6 is 0 Å². The molecule has 0 aliphatic heterocycles. The summed E-state index contributed by atoms with van der Waals surface area (Å²) in [7, 11) is 0. The van der Waals surface area contributed by atoms with E-state index in [2.05, 4.69) is 24.8 Å². The molecule has 77 valence electrons. The van der Waals surface area contributed by atoms with Crippen LogP contribution in [-0.2, 0) is 0 Å². The van der Waals surface area contributed by atoms with E-state index in [-0.39, 0.29) is 0 Å². The number of nitrogens with zero attached hydrogens (tertiary/aromatic N) is 1. The maximum atomic E-state index is 5.54. The van der Waals surface area contributed by atoms with Crippen molar-refractivity contribution in [1.29, 1.82) is 0 Å². The molecule has 1 radical (unpaired) electrons. The summed E-state index contributed by atoms with van der Waals surface area (Å²) in [4.78, 5) is 2.34. The lowest BCUT2D eigenvalue weighted by molar-refractivity contribution is 0.222. The van der Waals surface area contributed by atoms with Gasteiger partial charge in [0.1, 0.15) is 12.4 Å². The highest BCUT2D eigenvalue weighted by Gasteiger charge is 1.98. The molecule has 0 heterocycles. The Morgan fingerprint density at radius 3 is 2.64 bits per heavy atom. The molecule has 0 fully saturated rings. The molecule has 0 unspecified atom stereocenters. The Hall–Kier alpha value is -1.02. The van der Waals surface area contributed by atoms with Gasteiger partial charge in [0, 0.05) is 12.6 Å². The number of likely N-dealkylation sites (N-methyl/N-ethyl adjacent to an activating group) is 1. The van der Waals surface area contributed by atoms with Crippen molar-refractivity contribution in [1.82, 2.24) is 4.90 Å². The van der Waals surface area contributed by atoms with Crippen LogP contribution in [0, 0.1) is 6.07 Å². The fourth-order valence-electron chi connectivity index (χ4n) is 1.29. The highest BCUT2D eigenvalue weighted by molar-refractivity contribution is 5.19. The Kier molecular flexibility index (Phi) is 5.08. The zero-order valence-electron chi connectivity index (χ0n) is 8.99. The first-order chi connectivity index (χ1) is 6.86. The molecule has 0 saturated heterocycles. The van der Waals surface area contributed by atoms with Crippen LogP contribution in [0.15, 0.2) is 24.3 Å². The second-order valence-corrected chi connectivity index (χ2v) is 3.10. The van der Waals surface area contributed by atoms with Crippen molar-refractivity contribution < 1.29 is 4.74 Å². The van der Waals surface area contributed by atoms with Crippen molar-refractivity contribution in [3.05, 3.63) is 30.3 Å². The van der Waals surface area contributed by atoms with Crippen LogP contribution in [-0.4, -0.2) is 31.1 Å². The third kappa shape index (κ3) is 3.79. The second-order valence-electron chi connectivity index (χ2n) is 3.10. The minimum absolute atomic E-state index is 0.738. The van der Waals surface area contributed by atoms with E-state index in [9.17, 15) is 0 Å². The van der Waals surface area contributed by atoms with Crippen molar-refractivity contribution >= 4 is 0 Å². The number of ether oxygens (including phenoxy) is 1. The van der Waals surface area contributed by atoms with E-state index >= 15 is 0 Å². The van der Waals surface area contributed by atoms with Crippen LogP contribution in [0.3, 0.4) is 0 Å².